The SMILES string of the molecule is CC(C)(C)[Si](C)(C)c1ccc(-c2ccc(C3=c4cc5c(cc4SC3=O)=C(c3ccc(-c4ccc([Si](C)(C)C(C)(C)C)s4)s3)C(=O)S5)s2)s1. The Morgan fingerprint density at radius 3 is 1.12 bits per heavy atom. The molecule has 0 saturated heterocycles. The van der Waals surface area contributed by atoms with Gasteiger partial charge in [0.15, 0.2) is 0 Å². The third kappa shape index (κ3) is 5.72. The Morgan fingerprint density at radius 2 is 0.771 bits per heavy atom. The summed E-state index contributed by atoms with van der Waals surface area (Å²) in [6.45, 7) is 24.0. The van der Waals surface area contributed by atoms with Gasteiger partial charge >= 0.3 is 0 Å². The first kappa shape index (κ1) is 34.7. The van der Waals surface area contributed by atoms with Crippen LogP contribution in [0.3, 0.4) is 0 Å². The molecule has 248 valence electrons. The van der Waals surface area contributed by atoms with E-state index in [2.05, 4.69) is 128 Å². The van der Waals surface area contributed by atoms with E-state index < -0.39 is 16.1 Å². The third-order valence-corrected chi connectivity index (χ3v) is 31.1. The summed E-state index contributed by atoms with van der Waals surface area (Å²) >= 11 is 9.82. The molecule has 4 aromatic heterocycles. The maximum Gasteiger partial charge on any atom is 0.226 e. The van der Waals surface area contributed by atoms with Crippen LogP contribution in [0.5, 0.6) is 0 Å². The molecule has 0 aliphatic carbocycles. The monoisotopic (exact) mass is 776 g/mol. The average Bonchev–Trinajstić information content (AvgIpc) is 3.80. The zero-order valence-electron chi connectivity index (χ0n) is 29.0. The van der Waals surface area contributed by atoms with Crippen molar-refractivity contribution < 1.29 is 9.59 Å². The second-order valence-electron chi connectivity index (χ2n) is 15.8. The molecule has 0 saturated carbocycles. The molecule has 2 aliphatic rings. The summed E-state index contributed by atoms with van der Waals surface area (Å²) in [5.74, 6) is 0. The van der Waals surface area contributed by atoms with Crippen LogP contribution < -0.4 is 19.4 Å². The van der Waals surface area contributed by atoms with Gasteiger partial charge in [-0.25, -0.2) is 0 Å². The summed E-state index contributed by atoms with van der Waals surface area (Å²) in [5, 5.41) is 2.64. The van der Waals surface area contributed by atoms with Crippen LogP contribution in [0, 0.1) is 0 Å². The molecule has 5 aromatic rings. The van der Waals surface area contributed by atoms with Gasteiger partial charge in [-0.3, -0.25) is 9.59 Å². The van der Waals surface area contributed by atoms with Crippen LogP contribution in [-0.4, -0.2) is 26.4 Å². The first-order valence-corrected chi connectivity index (χ1v) is 27.1. The quantitative estimate of drug-likeness (QED) is 0.161. The van der Waals surface area contributed by atoms with E-state index in [9.17, 15) is 9.59 Å². The van der Waals surface area contributed by atoms with E-state index in [-0.39, 0.29) is 20.3 Å². The van der Waals surface area contributed by atoms with Crippen LogP contribution in [0.15, 0.2) is 70.5 Å². The van der Waals surface area contributed by atoms with Crippen LogP contribution in [0.1, 0.15) is 51.3 Å². The zero-order chi connectivity index (χ0) is 34.6. The maximum absolute atomic E-state index is 13.5. The zero-order valence-corrected chi connectivity index (χ0v) is 35.9. The summed E-state index contributed by atoms with van der Waals surface area (Å²) in [4.78, 5) is 35.9. The number of hydrogen-bond acceptors (Lipinski definition) is 8. The molecular formula is C38H40O2S6Si2. The second kappa shape index (κ2) is 11.9. The highest BCUT2D eigenvalue weighted by Crippen LogP contribution is 2.44. The van der Waals surface area contributed by atoms with E-state index in [4.69, 9.17) is 0 Å². The number of carbonyl (C=O) groups excluding carboxylic acids is 2. The minimum absolute atomic E-state index is 0.0849. The molecule has 7 rings (SSSR count). The first-order valence-electron chi connectivity index (χ1n) is 16.2. The standard InChI is InChI=1S/C38H40O2S6Si2/c1-37(2,3)47(7,8)31-17-15-25(43-31)23-11-13-27(41-23)33-21-19-30-22(20-29(21)45-35(33)39)34(36(40)46-30)28-14-12-24(42-28)26-16-18-32(44-26)48(9,10)38(4,5)6/h11-20H,1-10H3. The fraction of sp³-hybridized carbons (Fsp3) is 0.316. The molecule has 0 bridgehead atoms. The molecule has 0 fully saturated rings. The molecule has 0 N–H and O–H groups in total. The van der Waals surface area contributed by atoms with Crippen molar-refractivity contribution in [1.29, 1.82) is 0 Å². The normalized spacial score (nSPS) is 15.5. The summed E-state index contributed by atoms with van der Waals surface area (Å²) in [6.07, 6.45) is 0. The molecular weight excluding hydrogens is 737 g/mol. The van der Waals surface area contributed by atoms with Crippen LogP contribution in [0.2, 0.25) is 36.3 Å². The Bertz CT molecular complexity index is 2100. The molecule has 0 atom stereocenters. The molecule has 0 amide bonds. The molecule has 2 aliphatic heterocycles. The Kier molecular flexibility index (Phi) is 8.60. The number of benzene rings is 1. The highest BCUT2D eigenvalue weighted by Gasteiger charge is 2.39. The smallest absolute Gasteiger partial charge is 0.226 e. The lowest BCUT2D eigenvalue weighted by Crippen LogP contribution is -2.47. The van der Waals surface area contributed by atoms with E-state index in [0.717, 1.165) is 41.1 Å². The van der Waals surface area contributed by atoms with Crippen LogP contribution >= 0.6 is 68.9 Å². The van der Waals surface area contributed by atoms with Gasteiger partial charge in [-0.15, -0.1) is 45.3 Å². The summed E-state index contributed by atoms with van der Waals surface area (Å²) in [6, 6.07) is 21.9. The second-order valence-corrected chi connectivity index (χ2v) is 33.4. The molecule has 48 heavy (non-hydrogen) atoms. The molecule has 2 nitrogen and oxygen atoms in total. The predicted molar refractivity (Wildman–Crippen MR) is 221 cm³/mol. The predicted octanol–water partition coefficient (Wildman–Crippen LogP) is 10.4. The summed E-state index contributed by atoms with van der Waals surface area (Å²) in [5.41, 5.74) is 1.54. The fourth-order valence-electron chi connectivity index (χ4n) is 5.67. The molecule has 0 spiro atoms. The van der Waals surface area contributed by atoms with Crippen molar-refractivity contribution in [2.45, 2.75) is 87.6 Å². The van der Waals surface area contributed by atoms with E-state index >= 15 is 0 Å². The van der Waals surface area contributed by atoms with Crippen molar-refractivity contribution in [3.63, 3.8) is 0 Å². The van der Waals surface area contributed by atoms with Crippen LogP contribution in [0.4, 0.5) is 0 Å². The van der Waals surface area contributed by atoms with Gasteiger partial charge in [0, 0.05) is 49.5 Å². The van der Waals surface area contributed by atoms with Crippen molar-refractivity contribution in [2.24, 2.45) is 0 Å². The molecule has 10 heteroatoms. The Morgan fingerprint density at radius 1 is 0.458 bits per heavy atom. The fourth-order valence-corrected chi connectivity index (χ4v) is 18.6. The molecule has 0 unspecified atom stereocenters. The number of carbonyl (C=O) groups is 2. The highest BCUT2D eigenvalue weighted by molar-refractivity contribution is 8.15. The van der Waals surface area contributed by atoms with Crippen molar-refractivity contribution in [3.8, 4) is 19.5 Å². The lowest BCUT2D eigenvalue weighted by atomic mass is 10.1. The third-order valence-electron chi connectivity index (χ3n) is 10.8. The van der Waals surface area contributed by atoms with Gasteiger partial charge in [0.1, 0.15) is 0 Å². The van der Waals surface area contributed by atoms with Gasteiger partial charge < -0.3 is 0 Å². The lowest BCUT2D eigenvalue weighted by molar-refractivity contribution is -0.106. The Balaban J connectivity index is 1.24. The van der Waals surface area contributed by atoms with Crippen molar-refractivity contribution in [2.75, 3.05) is 0 Å². The van der Waals surface area contributed by atoms with E-state index in [1.54, 1.807) is 22.7 Å². The topological polar surface area (TPSA) is 34.1 Å². The van der Waals surface area contributed by atoms with Crippen molar-refractivity contribution >= 4 is 115 Å². The molecule has 1 aromatic carbocycles. The van der Waals surface area contributed by atoms with Gasteiger partial charge in [0.05, 0.1) is 27.3 Å². The van der Waals surface area contributed by atoms with Gasteiger partial charge in [0.2, 0.25) is 10.2 Å². The minimum Gasteiger partial charge on any atom is -0.281 e. The van der Waals surface area contributed by atoms with Gasteiger partial charge in [-0.2, -0.15) is 0 Å². The Labute approximate surface area is 310 Å². The lowest BCUT2D eigenvalue weighted by Gasteiger charge is -2.35. The summed E-state index contributed by atoms with van der Waals surface area (Å²) < 4.78 is 3.03. The van der Waals surface area contributed by atoms with E-state index in [1.807, 2.05) is 22.7 Å². The Hall–Kier alpha value is -1.77. The first-order chi connectivity index (χ1) is 22.4. The van der Waals surface area contributed by atoms with Crippen molar-refractivity contribution in [3.05, 3.63) is 80.9 Å². The number of thioether (sulfide) groups is 2. The van der Waals surface area contributed by atoms with Crippen LogP contribution in [-0.2, 0) is 9.59 Å². The minimum atomic E-state index is -1.61. The van der Waals surface area contributed by atoms with Gasteiger partial charge in [0.25, 0.3) is 0 Å². The number of thiophene rings is 4. The maximum atomic E-state index is 13.5. The van der Waals surface area contributed by atoms with Crippen LogP contribution in [0.25, 0.3) is 30.7 Å². The number of hydrogen-bond donors (Lipinski definition) is 0. The van der Waals surface area contributed by atoms with Gasteiger partial charge in [-0.05, 0) is 91.1 Å². The number of rotatable bonds is 6. The van der Waals surface area contributed by atoms with Gasteiger partial charge in [-0.1, -0.05) is 79.9 Å². The highest BCUT2D eigenvalue weighted by atomic mass is 32.2. The number of fused-ring (bicyclic) bond motifs is 2. The molecule has 0 radical (unpaired) electrons. The average molecular weight is 777 g/mol. The largest absolute Gasteiger partial charge is 0.281 e. The molecule has 6 heterocycles. The van der Waals surface area contributed by atoms with Crippen molar-refractivity contribution in [1.82, 2.24) is 0 Å². The summed E-state index contributed by atoms with van der Waals surface area (Å²) in [7, 11) is -3.23. The van der Waals surface area contributed by atoms with E-state index in [1.165, 1.54) is 52.0 Å². The van der Waals surface area contributed by atoms with E-state index in [0.29, 0.717) is 0 Å².